The van der Waals surface area contributed by atoms with Gasteiger partial charge in [0.1, 0.15) is 11.6 Å². The lowest BCUT2D eigenvalue weighted by Gasteiger charge is -2.04. The van der Waals surface area contributed by atoms with Gasteiger partial charge >= 0.3 is 0 Å². The average Bonchev–Trinajstić information content (AvgIpc) is 2.74. The number of nitrogens with zero attached hydrogens (tertiary/aromatic N) is 2. The first-order valence-electron chi connectivity index (χ1n) is 5.17. The second-order valence-corrected chi connectivity index (χ2v) is 4.55. The van der Waals surface area contributed by atoms with Crippen molar-refractivity contribution in [1.29, 1.82) is 0 Å². The average molecular weight is 289 g/mol. The van der Waals surface area contributed by atoms with Crippen LogP contribution in [-0.4, -0.2) is 14.5 Å². The summed E-state index contributed by atoms with van der Waals surface area (Å²) >= 11 is 3.50. The summed E-state index contributed by atoms with van der Waals surface area (Å²) in [7, 11) is 0. The van der Waals surface area contributed by atoms with Crippen LogP contribution in [0.2, 0.25) is 0 Å². The Morgan fingerprint density at radius 1 is 1.12 bits per heavy atom. The molecule has 84 valence electrons. The van der Waals surface area contributed by atoms with Gasteiger partial charge in [-0.05, 0) is 40.2 Å². The summed E-state index contributed by atoms with van der Waals surface area (Å²) in [6.07, 6.45) is 1.81. The fourth-order valence-electron chi connectivity index (χ4n) is 1.86. The second-order valence-electron chi connectivity index (χ2n) is 3.74. The minimum absolute atomic E-state index is 0.242. The lowest BCUT2D eigenvalue weighted by atomic mass is 10.2. The number of halogens is 1. The zero-order valence-corrected chi connectivity index (χ0v) is 10.4. The van der Waals surface area contributed by atoms with Crippen LogP contribution in [0.25, 0.3) is 16.9 Å². The highest BCUT2D eigenvalue weighted by Gasteiger charge is 2.08. The van der Waals surface area contributed by atoms with Crippen LogP contribution in [0.15, 0.2) is 53.3 Å². The van der Waals surface area contributed by atoms with Gasteiger partial charge in [-0.3, -0.25) is 4.40 Å². The Morgan fingerprint density at radius 2 is 1.94 bits per heavy atom. The number of phenolic OH excluding ortho intramolecular Hbond substituents is 1. The van der Waals surface area contributed by atoms with Crippen LogP contribution in [0.3, 0.4) is 0 Å². The van der Waals surface area contributed by atoms with Crippen molar-refractivity contribution in [2.24, 2.45) is 0 Å². The lowest BCUT2D eigenvalue weighted by molar-refractivity contribution is 0.475. The maximum absolute atomic E-state index is 9.50. The molecule has 0 bridgehead atoms. The molecule has 0 spiro atoms. The number of benzene rings is 1. The molecular weight excluding hydrogens is 280 g/mol. The SMILES string of the molecule is Oc1cccc(-c2ncc3cccc(Br)n23)c1. The molecule has 0 atom stereocenters. The predicted octanol–water partition coefficient (Wildman–Crippen LogP) is 3.47. The topological polar surface area (TPSA) is 37.5 Å². The molecule has 0 aliphatic rings. The molecule has 3 rings (SSSR count). The van der Waals surface area contributed by atoms with Crippen molar-refractivity contribution in [3.8, 4) is 17.1 Å². The van der Waals surface area contributed by atoms with Gasteiger partial charge in [-0.1, -0.05) is 18.2 Å². The lowest BCUT2D eigenvalue weighted by Crippen LogP contribution is -1.90. The molecule has 0 saturated heterocycles. The number of hydrogen-bond donors (Lipinski definition) is 1. The van der Waals surface area contributed by atoms with Gasteiger partial charge in [0.25, 0.3) is 0 Å². The van der Waals surface area contributed by atoms with Gasteiger partial charge in [-0.25, -0.2) is 4.98 Å². The fraction of sp³-hybridized carbons (Fsp3) is 0. The first kappa shape index (κ1) is 10.4. The van der Waals surface area contributed by atoms with Crippen LogP contribution < -0.4 is 0 Å². The summed E-state index contributed by atoms with van der Waals surface area (Å²) in [6.45, 7) is 0. The van der Waals surface area contributed by atoms with Crippen LogP contribution >= 0.6 is 15.9 Å². The van der Waals surface area contributed by atoms with E-state index in [1.165, 1.54) is 0 Å². The zero-order chi connectivity index (χ0) is 11.8. The quantitative estimate of drug-likeness (QED) is 0.696. The van der Waals surface area contributed by atoms with E-state index in [-0.39, 0.29) is 5.75 Å². The highest BCUT2D eigenvalue weighted by atomic mass is 79.9. The summed E-state index contributed by atoms with van der Waals surface area (Å²) in [5.74, 6) is 1.05. The molecule has 0 amide bonds. The number of pyridine rings is 1. The van der Waals surface area contributed by atoms with Gasteiger partial charge in [0.05, 0.1) is 16.3 Å². The molecule has 0 saturated carbocycles. The predicted molar refractivity (Wildman–Crippen MR) is 70.0 cm³/mol. The monoisotopic (exact) mass is 288 g/mol. The zero-order valence-electron chi connectivity index (χ0n) is 8.84. The van der Waals surface area contributed by atoms with Crippen LogP contribution in [0.4, 0.5) is 0 Å². The van der Waals surface area contributed by atoms with Gasteiger partial charge in [0.15, 0.2) is 0 Å². The van der Waals surface area contributed by atoms with Crippen molar-refractivity contribution < 1.29 is 5.11 Å². The third kappa shape index (κ3) is 1.70. The molecule has 1 N–H and O–H groups in total. The molecule has 0 aliphatic heterocycles. The molecule has 4 heteroatoms. The Kier molecular flexibility index (Phi) is 2.37. The van der Waals surface area contributed by atoms with Crippen LogP contribution in [-0.2, 0) is 0 Å². The Bertz CT molecular complexity index is 691. The van der Waals surface area contributed by atoms with Crippen molar-refractivity contribution in [3.63, 3.8) is 0 Å². The van der Waals surface area contributed by atoms with Crippen molar-refractivity contribution in [1.82, 2.24) is 9.38 Å². The normalized spacial score (nSPS) is 10.9. The molecular formula is C13H9BrN2O. The number of hydrogen-bond acceptors (Lipinski definition) is 2. The van der Waals surface area contributed by atoms with Crippen LogP contribution in [0, 0.1) is 0 Å². The van der Waals surface area contributed by atoms with Crippen molar-refractivity contribution >= 4 is 21.4 Å². The Labute approximate surface area is 106 Å². The van der Waals surface area contributed by atoms with E-state index in [0.717, 1.165) is 21.5 Å². The van der Waals surface area contributed by atoms with E-state index in [0.29, 0.717) is 0 Å². The van der Waals surface area contributed by atoms with Crippen LogP contribution in [0.1, 0.15) is 0 Å². The summed E-state index contributed by atoms with van der Waals surface area (Å²) in [5.41, 5.74) is 1.90. The largest absolute Gasteiger partial charge is 0.508 e. The number of rotatable bonds is 1. The maximum atomic E-state index is 9.50. The van der Waals surface area contributed by atoms with E-state index < -0.39 is 0 Å². The van der Waals surface area contributed by atoms with Gasteiger partial charge in [0.2, 0.25) is 0 Å². The van der Waals surface area contributed by atoms with Crippen molar-refractivity contribution in [3.05, 3.63) is 53.3 Å². The highest BCUT2D eigenvalue weighted by Crippen LogP contribution is 2.26. The second kappa shape index (κ2) is 3.89. The van der Waals surface area contributed by atoms with Crippen molar-refractivity contribution in [2.75, 3.05) is 0 Å². The number of aromatic hydroxyl groups is 1. The van der Waals surface area contributed by atoms with E-state index in [4.69, 9.17) is 0 Å². The molecule has 17 heavy (non-hydrogen) atoms. The first-order valence-corrected chi connectivity index (χ1v) is 5.96. The fourth-order valence-corrected chi connectivity index (χ4v) is 2.38. The highest BCUT2D eigenvalue weighted by molar-refractivity contribution is 9.10. The van der Waals surface area contributed by atoms with E-state index in [9.17, 15) is 5.11 Å². The van der Waals surface area contributed by atoms with Gasteiger partial charge < -0.3 is 5.11 Å². The standard InChI is InChI=1S/C13H9BrN2O/c14-12-6-2-4-10-8-15-13(16(10)12)9-3-1-5-11(17)7-9/h1-8,17H. The Morgan fingerprint density at radius 3 is 2.76 bits per heavy atom. The summed E-state index contributed by atoms with van der Waals surface area (Å²) in [6, 6.07) is 13.0. The molecule has 0 aliphatic carbocycles. The minimum Gasteiger partial charge on any atom is -0.508 e. The smallest absolute Gasteiger partial charge is 0.145 e. The number of imidazole rings is 1. The van der Waals surface area contributed by atoms with E-state index in [1.807, 2.05) is 40.9 Å². The van der Waals surface area contributed by atoms with Gasteiger partial charge in [-0.15, -0.1) is 0 Å². The van der Waals surface area contributed by atoms with E-state index in [2.05, 4.69) is 20.9 Å². The Hall–Kier alpha value is -1.81. The number of phenols is 1. The molecule has 1 aromatic carbocycles. The molecule has 2 aromatic heterocycles. The summed E-state index contributed by atoms with van der Waals surface area (Å²) in [5, 5.41) is 9.50. The summed E-state index contributed by atoms with van der Waals surface area (Å²) in [4.78, 5) is 4.39. The van der Waals surface area contributed by atoms with Gasteiger partial charge in [0, 0.05) is 5.56 Å². The summed E-state index contributed by atoms with van der Waals surface area (Å²) < 4.78 is 2.93. The minimum atomic E-state index is 0.242. The molecule has 0 unspecified atom stereocenters. The van der Waals surface area contributed by atoms with E-state index in [1.54, 1.807) is 12.1 Å². The molecule has 3 nitrogen and oxygen atoms in total. The molecule has 0 radical (unpaired) electrons. The Balaban J connectivity index is 2.31. The number of fused-ring (bicyclic) bond motifs is 1. The van der Waals surface area contributed by atoms with Crippen molar-refractivity contribution in [2.45, 2.75) is 0 Å². The number of aromatic nitrogens is 2. The van der Waals surface area contributed by atoms with Gasteiger partial charge in [-0.2, -0.15) is 0 Å². The third-order valence-corrected chi connectivity index (χ3v) is 3.23. The van der Waals surface area contributed by atoms with Crippen LogP contribution in [0.5, 0.6) is 5.75 Å². The first-order chi connectivity index (χ1) is 8.25. The molecule has 3 aromatic rings. The molecule has 2 heterocycles. The maximum Gasteiger partial charge on any atom is 0.145 e. The molecule has 0 fully saturated rings. The third-order valence-electron chi connectivity index (χ3n) is 2.61. The van der Waals surface area contributed by atoms with E-state index >= 15 is 0 Å².